The van der Waals surface area contributed by atoms with Crippen molar-refractivity contribution in [3.05, 3.63) is 0 Å². The Morgan fingerprint density at radius 1 is 1.07 bits per heavy atom. The zero-order chi connectivity index (χ0) is 11.3. The molecule has 0 aromatic heterocycles. The first-order chi connectivity index (χ1) is 6.73. The smallest absolute Gasteiger partial charge is 0.150 e. The number of rotatable bonds is 0. The molecule has 2 fully saturated rings. The van der Waals surface area contributed by atoms with Crippen molar-refractivity contribution in [2.24, 2.45) is 5.41 Å². The minimum absolute atomic E-state index is 0.238. The largest absolute Gasteiger partial charge is 0.297 e. The van der Waals surface area contributed by atoms with Gasteiger partial charge in [0.2, 0.25) is 0 Å². The van der Waals surface area contributed by atoms with Gasteiger partial charge in [0.05, 0.1) is 11.5 Å². The normalized spacial score (nSPS) is 30.1. The topological polar surface area (TPSA) is 37.4 Å². The van der Waals surface area contributed by atoms with Crippen LogP contribution in [0.1, 0.15) is 33.6 Å². The summed E-state index contributed by atoms with van der Waals surface area (Å²) in [6, 6.07) is 0. The van der Waals surface area contributed by atoms with Crippen LogP contribution in [-0.2, 0) is 9.84 Å². The van der Waals surface area contributed by atoms with Gasteiger partial charge in [0.25, 0.3) is 0 Å². The molecule has 0 bridgehead atoms. The van der Waals surface area contributed by atoms with Gasteiger partial charge >= 0.3 is 0 Å². The summed E-state index contributed by atoms with van der Waals surface area (Å²) in [5.41, 5.74) is 0.570. The number of hydrogen-bond donors (Lipinski definition) is 0. The average Bonchev–Trinajstić information content (AvgIpc) is 1.98. The fourth-order valence-electron chi connectivity index (χ4n) is 2.53. The molecule has 0 aliphatic carbocycles. The standard InChI is InChI=1S/C11H21NO2S/c1-10(2,3)12-8-11(9-12)4-6-15(13,14)7-5-11/h4-9H2,1-3H3. The Balaban J connectivity index is 1.94. The molecule has 2 aliphatic heterocycles. The Bertz CT molecular complexity index is 331. The van der Waals surface area contributed by atoms with Gasteiger partial charge in [-0.15, -0.1) is 0 Å². The summed E-state index contributed by atoms with van der Waals surface area (Å²) in [6.45, 7) is 8.84. The van der Waals surface area contributed by atoms with Crippen LogP contribution >= 0.6 is 0 Å². The predicted molar refractivity (Wildman–Crippen MR) is 61.6 cm³/mol. The van der Waals surface area contributed by atoms with Crippen LogP contribution in [0.25, 0.3) is 0 Å². The Hall–Kier alpha value is -0.0900. The van der Waals surface area contributed by atoms with E-state index in [0.717, 1.165) is 25.9 Å². The van der Waals surface area contributed by atoms with Gasteiger partial charge in [-0.2, -0.15) is 0 Å². The van der Waals surface area contributed by atoms with E-state index in [-0.39, 0.29) is 5.54 Å². The molecule has 0 amide bonds. The van der Waals surface area contributed by atoms with Gasteiger partial charge in [-0.05, 0) is 39.0 Å². The molecule has 0 radical (unpaired) electrons. The number of nitrogens with zero attached hydrogens (tertiary/aromatic N) is 1. The lowest BCUT2D eigenvalue weighted by Gasteiger charge is -2.57. The SMILES string of the molecule is CC(C)(C)N1CC2(CCS(=O)(=O)CC2)C1. The van der Waals surface area contributed by atoms with Crippen LogP contribution in [0.5, 0.6) is 0 Å². The molecule has 2 heterocycles. The van der Waals surface area contributed by atoms with Crippen LogP contribution in [0.15, 0.2) is 0 Å². The third-order valence-electron chi connectivity index (χ3n) is 3.89. The Kier molecular flexibility index (Phi) is 2.43. The molecular weight excluding hydrogens is 210 g/mol. The molecule has 15 heavy (non-hydrogen) atoms. The maximum Gasteiger partial charge on any atom is 0.150 e. The monoisotopic (exact) mass is 231 g/mol. The first-order valence-corrected chi connectivity index (χ1v) is 7.50. The van der Waals surface area contributed by atoms with Gasteiger partial charge < -0.3 is 0 Å². The van der Waals surface area contributed by atoms with Crippen LogP contribution in [0, 0.1) is 5.41 Å². The summed E-state index contributed by atoms with van der Waals surface area (Å²) in [4.78, 5) is 2.45. The van der Waals surface area contributed by atoms with E-state index in [1.54, 1.807) is 0 Å². The van der Waals surface area contributed by atoms with Crippen molar-refractivity contribution in [2.45, 2.75) is 39.2 Å². The third-order valence-corrected chi connectivity index (χ3v) is 5.54. The Morgan fingerprint density at radius 3 is 1.93 bits per heavy atom. The second-order valence-electron chi connectivity index (χ2n) is 6.18. The zero-order valence-corrected chi connectivity index (χ0v) is 10.7. The van der Waals surface area contributed by atoms with E-state index in [1.807, 2.05) is 0 Å². The van der Waals surface area contributed by atoms with Gasteiger partial charge in [0.1, 0.15) is 9.84 Å². The summed E-state index contributed by atoms with van der Waals surface area (Å²) >= 11 is 0. The lowest BCUT2D eigenvalue weighted by Crippen LogP contribution is -2.64. The second-order valence-corrected chi connectivity index (χ2v) is 8.48. The van der Waals surface area contributed by atoms with Gasteiger partial charge in [-0.25, -0.2) is 8.42 Å². The molecule has 1 spiro atoms. The van der Waals surface area contributed by atoms with Crippen molar-refractivity contribution in [1.82, 2.24) is 4.90 Å². The molecule has 2 rings (SSSR count). The van der Waals surface area contributed by atoms with Crippen molar-refractivity contribution < 1.29 is 8.42 Å². The van der Waals surface area contributed by atoms with E-state index in [1.165, 1.54) is 0 Å². The van der Waals surface area contributed by atoms with Crippen LogP contribution in [0.3, 0.4) is 0 Å². The highest BCUT2D eigenvalue weighted by molar-refractivity contribution is 7.91. The van der Waals surface area contributed by atoms with Crippen molar-refractivity contribution in [1.29, 1.82) is 0 Å². The number of sulfone groups is 1. The molecule has 88 valence electrons. The molecule has 2 aliphatic rings. The predicted octanol–water partition coefficient (Wildman–Crippen LogP) is 1.30. The van der Waals surface area contributed by atoms with E-state index < -0.39 is 9.84 Å². The molecular formula is C11H21NO2S. The zero-order valence-electron chi connectivity index (χ0n) is 9.91. The molecule has 0 N–H and O–H groups in total. The highest BCUT2D eigenvalue weighted by atomic mass is 32.2. The quantitative estimate of drug-likeness (QED) is 0.630. The van der Waals surface area contributed by atoms with Gasteiger partial charge in [0, 0.05) is 18.6 Å². The molecule has 2 saturated heterocycles. The van der Waals surface area contributed by atoms with Crippen molar-refractivity contribution >= 4 is 9.84 Å². The van der Waals surface area contributed by atoms with E-state index in [9.17, 15) is 8.42 Å². The molecule has 0 aromatic rings. The maximum atomic E-state index is 11.3. The van der Waals surface area contributed by atoms with Crippen LogP contribution in [0.2, 0.25) is 0 Å². The van der Waals surface area contributed by atoms with Gasteiger partial charge in [0.15, 0.2) is 0 Å². The highest BCUT2D eigenvalue weighted by Crippen LogP contribution is 2.43. The van der Waals surface area contributed by atoms with Crippen molar-refractivity contribution in [2.75, 3.05) is 24.6 Å². The molecule has 0 aromatic carbocycles. The molecule has 4 heteroatoms. The van der Waals surface area contributed by atoms with Crippen LogP contribution in [-0.4, -0.2) is 43.5 Å². The molecule has 0 unspecified atom stereocenters. The van der Waals surface area contributed by atoms with Crippen molar-refractivity contribution in [3.8, 4) is 0 Å². The Morgan fingerprint density at radius 2 is 1.53 bits per heavy atom. The molecule has 0 saturated carbocycles. The average molecular weight is 231 g/mol. The lowest BCUT2D eigenvalue weighted by atomic mass is 9.73. The third kappa shape index (κ3) is 2.21. The molecule has 3 nitrogen and oxygen atoms in total. The first kappa shape index (κ1) is 11.4. The summed E-state index contributed by atoms with van der Waals surface area (Å²) in [6.07, 6.45) is 1.75. The van der Waals surface area contributed by atoms with Crippen LogP contribution < -0.4 is 0 Å². The minimum Gasteiger partial charge on any atom is -0.297 e. The van der Waals surface area contributed by atoms with Gasteiger partial charge in [-0.3, -0.25) is 4.90 Å². The summed E-state index contributed by atoms with van der Waals surface area (Å²) in [5, 5.41) is 0. The minimum atomic E-state index is -2.70. The highest BCUT2D eigenvalue weighted by Gasteiger charge is 2.48. The second kappa shape index (κ2) is 3.20. The van der Waals surface area contributed by atoms with E-state index in [4.69, 9.17) is 0 Å². The van der Waals surface area contributed by atoms with Crippen LogP contribution in [0.4, 0.5) is 0 Å². The number of likely N-dealkylation sites (tertiary alicyclic amines) is 1. The lowest BCUT2D eigenvalue weighted by molar-refractivity contribution is -0.0641. The first-order valence-electron chi connectivity index (χ1n) is 5.68. The van der Waals surface area contributed by atoms with E-state index >= 15 is 0 Å². The summed E-state index contributed by atoms with van der Waals surface area (Å²) < 4.78 is 22.7. The maximum absolute atomic E-state index is 11.3. The Labute approximate surface area is 92.8 Å². The fourth-order valence-corrected chi connectivity index (χ4v) is 4.22. The van der Waals surface area contributed by atoms with E-state index in [0.29, 0.717) is 16.9 Å². The van der Waals surface area contributed by atoms with Crippen molar-refractivity contribution in [3.63, 3.8) is 0 Å². The van der Waals surface area contributed by atoms with E-state index in [2.05, 4.69) is 25.7 Å². The molecule has 0 atom stereocenters. The summed E-state index contributed by atoms with van der Waals surface area (Å²) in [5.74, 6) is 0.815. The van der Waals surface area contributed by atoms with Gasteiger partial charge in [-0.1, -0.05) is 0 Å². The number of hydrogen-bond acceptors (Lipinski definition) is 3. The summed E-state index contributed by atoms with van der Waals surface area (Å²) in [7, 11) is -2.70. The fraction of sp³-hybridized carbons (Fsp3) is 1.00.